The van der Waals surface area contributed by atoms with Gasteiger partial charge >= 0.3 is 0 Å². The average Bonchev–Trinajstić information content (AvgIpc) is 2.23. The molecular weight excluding hydrogens is 233 g/mol. The number of carbonyl (C=O) groups is 1. The fraction of sp³-hybridized carbons (Fsp3) is 0.364. The van der Waals surface area contributed by atoms with Crippen LogP contribution in [0.1, 0.15) is 5.56 Å². The Balaban J connectivity index is 2.77. The summed E-state index contributed by atoms with van der Waals surface area (Å²) >= 11 is 5.80. The molecule has 0 radical (unpaired) electrons. The number of aliphatic hydroxyl groups excluding tert-OH is 1. The number of carbonyl (C=O) groups excluding carboxylic acids is 1. The molecule has 0 saturated heterocycles. The fourth-order valence-corrected chi connectivity index (χ4v) is 1.49. The van der Waals surface area contributed by atoms with E-state index < -0.39 is 5.82 Å². The van der Waals surface area contributed by atoms with Gasteiger partial charge in [-0.05, 0) is 12.1 Å². The molecule has 5 heteroatoms. The number of hydrogen-bond donors (Lipinski definition) is 1. The molecule has 0 saturated carbocycles. The number of likely N-dealkylation sites (N-methyl/N-ethyl adjacent to an activating group) is 1. The van der Waals surface area contributed by atoms with Crippen LogP contribution in [0.25, 0.3) is 0 Å². The molecule has 0 aliphatic rings. The molecule has 0 spiro atoms. The van der Waals surface area contributed by atoms with Gasteiger partial charge in [0, 0.05) is 24.2 Å². The normalized spacial score (nSPS) is 10.2. The zero-order valence-corrected chi connectivity index (χ0v) is 9.67. The van der Waals surface area contributed by atoms with Crippen molar-refractivity contribution in [3.63, 3.8) is 0 Å². The molecular formula is C11H13ClFNO2. The Kier molecular flexibility index (Phi) is 4.71. The van der Waals surface area contributed by atoms with Crippen molar-refractivity contribution in [3.05, 3.63) is 34.6 Å². The number of aliphatic hydroxyl groups is 1. The minimum atomic E-state index is -0.488. The molecule has 88 valence electrons. The van der Waals surface area contributed by atoms with Gasteiger partial charge in [0.2, 0.25) is 5.91 Å². The van der Waals surface area contributed by atoms with Crippen molar-refractivity contribution in [1.29, 1.82) is 0 Å². The molecule has 1 amide bonds. The first-order chi connectivity index (χ1) is 7.56. The molecule has 0 bridgehead atoms. The van der Waals surface area contributed by atoms with E-state index in [9.17, 15) is 9.18 Å². The van der Waals surface area contributed by atoms with Crippen molar-refractivity contribution >= 4 is 17.5 Å². The molecule has 0 aliphatic heterocycles. The van der Waals surface area contributed by atoms with Gasteiger partial charge < -0.3 is 10.0 Å². The highest BCUT2D eigenvalue weighted by Crippen LogP contribution is 2.19. The topological polar surface area (TPSA) is 40.5 Å². The second-order valence-electron chi connectivity index (χ2n) is 3.42. The SMILES string of the molecule is CN(CCO)C(=O)Cc1c(F)cccc1Cl. The second-order valence-corrected chi connectivity index (χ2v) is 3.82. The molecule has 0 fully saturated rings. The van der Waals surface area contributed by atoms with E-state index in [0.29, 0.717) is 0 Å². The van der Waals surface area contributed by atoms with Crippen molar-refractivity contribution in [2.24, 2.45) is 0 Å². The Bertz CT molecular complexity index is 364. The van der Waals surface area contributed by atoms with E-state index in [1.165, 1.54) is 17.0 Å². The zero-order valence-electron chi connectivity index (χ0n) is 8.91. The molecule has 0 heterocycles. The number of rotatable bonds is 4. The quantitative estimate of drug-likeness (QED) is 0.873. The summed E-state index contributed by atoms with van der Waals surface area (Å²) in [5, 5.41) is 8.91. The maximum Gasteiger partial charge on any atom is 0.226 e. The van der Waals surface area contributed by atoms with E-state index in [-0.39, 0.29) is 36.1 Å². The number of halogens is 2. The summed E-state index contributed by atoms with van der Waals surface area (Å²) in [7, 11) is 1.55. The lowest BCUT2D eigenvalue weighted by Gasteiger charge is -2.16. The van der Waals surface area contributed by atoms with Gasteiger partial charge in [-0.25, -0.2) is 4.39 Å². The Labute approximate surface area is 98.4 Å². The third-order valence-corrected chi connectivity index (χ3v) is 2.60. The van der Waals surface area contributed by atoms with Crippen molar-refractivity contribution in [2.45, 2.75) is 6.42 Å². The zero-order chi connectivity index (χ0) is 12.1. The maximum absolute atomic E-state index is 13.4. The second kappa shape index (κ2) is 5.82. The highest BCUT2D eigenvalue weighted by molar-refractivity contribution is 6.31. The smallest absolute Gasteiger partial charge is 0.226 e. The summed E-state index contributed by atoms with van der Waals surface area (Å²) in [6.45, 7) is 0.109. The largest absolute Gasteiger partial charge is 0.395 e. The Morgan fingerprint density at radius 1 is 1.56 bits per heavy atom. The summed E-state index contributed by atoms with van der Waals surface area (Å²) in [5.74, 6) is -0.765. The predicted octanol–water partition coefficient (Wildman–Crippen LogP) is 1.47. The highest BCUT2D eigenvalue weighted by Gasteiger charge is 2.14. The Morgan fingerprint density at radius 2 is 2.25 bits per heavy atom. The maximum atomic E-state index is 13.4. The summed E-state index contributed by atoms with van der Waals surface area (Å²) < 4.78 is 13.4. The number of nitrogens with zero attached hydrogens (tertiary/aromatic N) is 1. The Hall–Kier alpha value is -1.13. The van der Waals surface area contributed by atoms with E-state index in [1.54, 1.807) is 13.1 Å². The first-order valence-electron chi connectivity index (χ1n) is 4.84. The third kappa shape index (κ3) is 3.18. The number of hydrogen-bond acceptors (Lipinski definition) is 2. The summed E-state index contributed by atoms with van der Waals surface area (Å²) in [4.78, 5) is 12.9. The lowest BCUT2D eigenvalue weighted by atomic mass is 10.1. The van der Waals surface area contributed by atoms with E-state index in [0.717, 1.165) is 0 Å². The van der Waals surface area contributed by atoms with Crippen LogP contribution in [0.5, 0.6) is 0 Å². The molecule has 1 aromatic rings. The third-order valence-electron chi connectivity index (χ3n) is 2.25. The van der Waals surface area contributed by atoms with Gasteiger partial charge in [-0.2, -0.15) is 0 Å². The molecule has 1 N–H and O–H groups in total. The van der Waals surface area contributed by atoms with Gasteiger partial charge in [-0.15, -0.1) is 0 Å². The van der Waals surface area contributed by atoms with Gasteiger partial charge in [-0.1, -0.05) is 17.7 Å². The van der Waals surface area contributed by atoms with E-state index in [1.807, 2.05) is 0 Å². The van der Waals surface area contributed by atoms with Crippen LogP contribution in [0.3, 0.4) is 0 Å². The van der Waals surface area contributed by atoms with Crippen LogP contribution in [0.15, 0.2) is 18.2 Å². The van der Waals surface area contributed by atoms with Gasteiger partial charge in [0.05, 0.1) is 13.0 Å². The van der Waals surface area contributed by atoms with Crippen LogP contribution in [0.4, 0.5) is 4.39 Å². The lowest BCUT2D eigenvalue weighted by Crippen LogP contribution is -2.31. The minimum Gasteiger partial charge on any atom is -0.395 e. The molecule has 16 heavy (non-hydrogen) atoms. The van der Waals surface area contributed by atoms with Crippen LogP contribution in [-0.4, -0.2) is 36.1 Å². The number of amides is 1. The summed E-state index contributed by atoms with van der Waals surface area (Å²) in [6.07, 6.45) is -0.0952. The molecule has 0 atom stereocenters. The van der Waals surface area contributed by atoms with Gasteiger partial charge in [-0.3, -0.25) is 4.79 Å². The Morgan fingerprint density at radius 3 is 2.81 bits per heavy atom. The minimum absolute atomic E-state index is 0.0952. The monoisotopic (exact) mass is 245 g/mol. The average molecular weight is 246 g/mol. The lowest BCUT2D eigenvalue weighted by molar-refractivity contribution is -0.129. The van der Waals surface area contributed by atoms with E-state index >= 15 is 0 Å². The van der Waals surface area contributed by atoms with Crippen molar-refractivity contribution < 1.29 is 14.3 Å². The van der Waals surface area contributed by atoms with Crippen LogP contribution in [0.2, 0.25) is 5.02 Å². The van der Waals surface area contributed by atoms with Crippen LogP contribution < -0.4 is 0 Å². The van der Waals surface area contributed by atoms with Gasteiger partial charge in [0.25, 0.3) is 0 Å². The molecule has 0 aliphatic carbocycles. The summed E-state index contributed by atoms with van der Waals surface area (Å²) in [5.41, 5.74) is 0.193. The first-order valence-corrected chi connectivity index (χ1v) is 5.21. The van der Waals surface area contributed by atoms with Crippen molar-refractivity contribution in [1.82, 2.24) is 4.90 Å². The van der Waals surface area contributed by atoms with Gasteiger partial charge in [0.1, 0.15) is 5.82 Å². The first kappa shape index (κ1) is 12.9. The molecule has 1 aromatic carbocycles. The van der Waals surface area contributed by atoms with Crippen molar-refractivity contribution in [3.8, 4) is 0 Å². The molecule has 1 rings (SSSR count). The fourth-order valence-electron chi connectivity index (χ4n) is 1.26. The van der Waals surface area contributed by atoms with Crippen LogP contribution in [0, 0.1) is 5.82 Å². The standard InChI is InChI=1S/C11H13ClFNO2/c1-14(5-6-15)11(16)7-8-9(12)3-2-4-10(8)13/h2-4,15H,5-7H2,1H3. The van der Waals surface area contributed by atoms with E-state index in [4.69, 9.17) is 16.7 Å². The number of benzene rings is 1. The molecule has 3 nitrogen and oxygen atoms in total. The van der Waals surface area contributed by atoms with Crippen molar-refractivity contribution in [2.75, 3.05) is 20.2 Å². The van der Waals surface area contributed by atoms with E-state index in [2.05, 4.69) is 0 Å². The van der Waals surface area contributed by atoms with Crippen LogP contribution >= 0.6 is 11.6 Å². The van der Waals surface area contributed by atoms with Gasteiger partial charge in [0.15, 0.2) is 0 Å². The summed E-state index contributed by atoms with van der Waals surface area (Å²) in [6, 6.07) is 4.29. The molecule has 0 aromatic heterocycles. The highest BCUT2D eigenvalue weighted by atomic mass is 35.5. The van der Waals surface area contributed by atoms with Crippen LogP contribution in [-0.2, 0) is 11.2 Å². The molecule has 0 unspecified atom stereocenters. The predicted molar refractivity (Wildman–Crippen MR) is 59.8 cm³/mol.